The molecule has 1 N–H and O–H groups in total. The molecule has 2 aliphatic carbocycles. The smallest absolute Gasteiger partial charge is 0.137 e. The number of hydrogen-bond acceptors (Lipinski definition) is 2. The highest BCUT2D eigenvalue weighted by Crippen LogP contribution is 2.33. The lowest BCUT2D eigenvalue weighted by Gasteiger charge is -2.30. The van der Waals surface area contributed by atoms with E-state index in [2.05, 4.69) is 19.2 Å². The first-order chi connectivity index (χ1) is 7.65. The van der Waals surface area contributed by atoms with Crippen molar-refractivity contribution in [3.63, 3.8) is 0 Å². The maximum absolute atomic E-state index is 12.1. The van der Waals surface area contributed by atoms with Gasteiger partial charge in [-0.15, -0.1) is 0 Å². The summed E-state index contributed by atoms with van der Waals surface area (Å²) in [5, 5.41) is 3.43. The van der Waals surface area contributed by atoms with E-state index in [-0.39, 0.29) is 0 Å². The molecule has 0 aliphatic heterocycles. The zero-order valence-electron chi connectivity index (χ0n) is 10.7. The average molecular weight is 223 g/mol. The molecular formula is C14H25NO. The van der Waals surface area contributed by atoms with Crippen LogP contribution in [0.3, 0.4) is 0 Å². The third-order valence-electron chi connectivity index (χ3n) is 4.02. The van der Waals surface area contributed by atoms with Crippen LogP contribution in [0.1, 0.15) is 52.4 Å². The van der Waals surface area contributed by atoms with Crippen molar-refractivity contribution in [3.8, 4) is 0 Å². The first kappa shape index (κ1) is 12.1. The largest absolute Gasteiger partial charge is 0.314 e. The summed E-state index contributed by atoms with van der Waals surface area (Å²) >= 11 is 0. The van der Waals surface area contributed by atoms with Gasteiger partial charge in [-0.3, -0.25) is 4.79 Å². The molecule has 0 aromatic heterocycles. The molecule has 0 heterocycles. The molecule has 2 saturated carbocycles. The maximum Gasteiger partial charge on any atom is 0.137 e. The van der Waals surface area contributed by atoms with Gasteiger partial charge in [0.1, 0.15) is 5.78 Å². The lowest BCUT2D eigenvalue weighted by Crippen LogP contribution is -2.29. The van der Waals surface area contributed by atoms with Crippen molar-refractivity contribution in [3.05, 3.63) is 0 Å². The van der Waals surface area contributed by atoms with E-state index in [1.165, 1.54) is 19.3 Å². The minimum absolute atomic E-state index is 0.361. The molecule has 2 rings (SSSR count). The molecule has 0 aromatic carbocycles. The summed E-state index contributed by atoms with van der Waals surface area (Å²) in [5.74, 6) is 2.36. The van der Waals surface area contributed by atoms with Crippen LogP contribution in [0.15, 0.2) is 0 Å². The van der Waals surface area contributed by atoms with E-state index >= 15 is 0 Å². The number of hydrogen-bond donors (Lipinski definition) is 1. The minimum Gasteiger partial charge on any atom is -0.314 e. The Bertz CT molecular complexity index is 237. The van der Waals surface area contributed by atoms with Crippen LogP contribution in [0.2, 0.25) is 0 Å². The molecule has 2 fully saturated rings. The fourth-order valence-corrected chi connectivity index (χ4v) is 3.10. The van der Waals surface area contributed by atoms with Crippen LogP contribution in [0.4, 0.5) is 0 Å². The van der Waals surface area contributed by atoms with Crippen LogP contribution in [0.25, 0.3) is 0 Å². The molecule has 0 aromatic rings. The monoisotopic (exact) mass is 223 g/mol. The number of Topliss-reactive ketones (excluding diaryl/α,β-unsaturated/α-hetero) is 1. The van der Waals surface area contributed by atoms with Crippen LogP contribution in [0.5, 0.6) is 0 Å². The first-order valence-corrected chi connectivity index (χ1v) is 6.91. The molecule has 16 heavy (non-hydrogen) atoms. The van der Waals surface area contributed by atoms with E-state index in [1.54, 1.807) is 0 Å². The average Bonchev–Trinajstić information content (AvgIpc) is 3.00. The van der Waals surface area contributed by atoms with Gasteiger partial charge in [0.2, 0.25) is 0 Å². The topological polar surface area (TPSA) is 29.1 Å². The van der Waals surface area contributed by atoms with Gasteiger partial charge >= 0.3 is 0 Å². The summed E-state index contributed by atoms with van der Waals surface area (Å²) in [4.78, 5) is 12.1. The van der Waals surface area contributed by atoms with Crippen molar-refractivity contribution in [2.75, 3.05) is 6.54 Å². The SMILES string of the molecule is CC1CC(C)CC(C(=O)CCNC2CC2)C1. The highest BCUT2D eigenvalue weighted by molar-refractivity contribution is 5.81. The molecule has 2 nitrogen and oxygen atoms in total. The molecule has 0 saturated heterocycles. The summed E-state index contributed by atoms with van der Waals surface area (Å²) in [6.45, 7) is 5.49. The van der Waals surface area contributed by atoms with Gasteiger partial charge in [0.15, 0.2) is 0 Å². The molecule has 92 valence electrons. The number of carbonyl (C=O) groups excluding carboxylic acids is 1. The molecule has 0 amide bonds. The zero-order chi connectivity index (χ0) is 11.5. The predicted molar refractivity (Wildman–Crippen MR) is 66.3 cm³/mol. The Kier molecular flexibility index (Phi) is 4.01. The summed E-state index contributed by atoms with van der Waals surface area (Å²) in [6, 6.07) is 0.733. The molecule has 2 aliphatic rings. The van der Waals surface area contributed by atoms with Gasteiger partial charge in [0, 0.05) is 24.9 Å². The first-order valence-electron chi connectivity index (χ1n) is 6.91. The molecule has 0 spiro atoms. The quantitative estimate of drug-likeness (QED) is 0.776. The summed E-state index contributed by atoms with van der Waals surface area (Å²) in [6.07, 6.45) is 6.95. The van der Waals surface area contributed by atoms with Crippen molar-refractivity contribution in [2.24, 2.45) is 17.8 Å². The second-order valence-electron chi connectivity index (χ2n) is 6.06. The predicted octanol–water partition coefficient (Wildman–Crippen LogP) is 2.77. The fraction of sp³-hybridized carbons (Fsp3) is 0.929. The van der Waals surface area contributed by atoms with E-state index < -0.39 is 0 Å². The van der Waals surface area contributed by atoms with Crippen molar-refractivity contribution >= 4 is 5.78 Å². The van der Waals surface area contributed by atoms with Crippen molar-refractivity contribution in [1.82, 2.24) is 5.32 Å². The van der Waals surface area contributed by atoms with Crippen LogP contribution >= 0.6 is 0 Å². The van der Waals surface area contributed by atoms with E-state index in [0.29, 0.717) is 11.7 Å². The molecule has 2 atom stereocenters. The lowest BCUT2D eigenvalue weighted by atomic mass is 9.74. The zero-order valence-corrected chi connectivity index (χ0v) is 10.7. The summed E-state index contributed by atoms with van der Waals surface area (Å²) < 4.78 is 0. The second-order valence-corrected chi connectivity index (χ2v) is 6.06. The number of nitrogens with one attached hydrogen (secondary N) is 1. The minimum atomic E-state index is 0.361. The van der Waals surface area contributed by atoms with Crippen LogP contribution in [-0.2, 0) is 4.79 Å². The van der Waals surface area contributed by atoms with Crippen molar-refractivity contribution in [2.45, 2.75) is 58.4 Å². The Hall–Kier alpha value is -0.370. The van der Waals surface area contributed by atoms with Gasteiger partial charge in [0.25, 0.3) is 0 Å². The normalized spacial score (nSPS) is 35.0. The number of rotatable bonds is 5. The molecule has 0 radical (unpaired) electrons. The molecule has 0 bridgehead atoms. The Labute approximate surface area is 99.2 Å². The Morgan fingerprint density at radius 3 is 2.31 bits per heavy atom. The van der Waals surface area contributed by atoms with Crippen LogP contribution < -0.4 is 5.32 Å². The van der Waals surface area contributed by atoms with E-state index in [4.69, 9.17) is 0 Å². The second kappa shape index (κ2) is 5.31. The van der Waals surface area contributed by atoms with Gasteiger partial charge < -0.3 is 5.32 Å². The molecular weight excluding hydrogens is 198 g/mol. The van der Waals surface area contributed by atoms with Crippen LogP contribution in [0, 0.1) is 17.8 Å². The van der Waals surface area contributed by atoms with E-state index in [1.807, 2.05) is 0 Å². The Morgan fingerprint density at radius 2 is 1.75 bits per heavy atom. The fourth-order valence-electron chi connectivity index (χ4n) is 3.10. The Balaban J connectivity index is 1.69. The van der Waals surface area contributed by atoms with Crippen LogP contribution in [-0.4, -0.2) is 18.4 Å². The number of carbonyl (C=O) groups is 1. The van der Waals surface area contributed by atoms with Gasteiger partial charge in [-0.25, -0.2) is 0 Å². The lowest BCUT2D eigenvalue weighted by molar-refractivity contribution is -0.124. The van der Waals surface area contributed by atoms with E-state index in [9.17, 15) is 4.79 Å². The number of ketones is 1. The maximum atomic E-state index is 12.1. The third kappa shape index (κ3) is 3.58. The van der Waals surface area contributed by atoms with Gasteiger partial charge in [0.05, 0.1) is 0 Å². The third-order valence-corrected chi connectivity index (χ3v) is 4.02. The molecule has 2 heteroatoms. The van der Waals surface area contributed by atoms with Gasteiger partial charge in [-0.2, -0.15) is 0 Å². The van der Waals surface area contributed by atoms with Crippen molar-refractivity contribution < 1.29 is 4.79 Å². The highest BCUT2D eigenvalue weighted by Gasteiger charge is 2.28. The highest BCUT2D eigenvalue weighted by atomic mass is 16.1. The standard InChI is InChI=1S/C14H25NO/c1-10-7-11(2)9-12(8-10)14(16)5-6-15-13-3-4-13/h10-13,15H,3-9H2,1-2H3. The summed E-state index contributed by atoms with van der Waals surface area (Å²) in [5.41, 5.74) is 0. The van der Waals surface area contributed by atoms with Gasteiger partial charge in [-0.1, -0.05) is 13.8 Å². The van der Waals surface area contributed by atoms with Gasteiger partial charge in [-0.05, 0) is 43.9 Å². The van der Waals surface area contributed by atoms with Crippen molar-refractivity contribution in [1.29, 1.82) is 0 Å². The Morgan fingerprint density at radius 1 is 1.12 bits per heavy atom. The van der Waals surface area contributed by atoms with E-state index in [0.717, 1.165) is 43.7 Å². The summed E-state index contributed by atoms with van der Waals surface area (Å²) in [7, 11) is 0. The molecule has 2 unspecified atom stereocenters.